The second-order valence-corrected chi connectivity index (χ2v) is 3.91. The van der Waals surface area contributed by atoms with Gasteiger partial charge < -0.3 is 0 Å². The zero-order chi connectivity index (χ0) is 9.19. The van der Waals surface area contributed by atoms with Crippen molar-refractivity contribution >= 4 is 6.41 Å². The second kappa shape index (κ2) is 3.41. The first-order valence-corrected chi connectivity index (χ1v) is 4.09. The normalized spacial score (nSPS) is 18.6. The first kappa shape index (κ1) is 9.48. The highest BCUT2D eigenvalue weighted by atomic mass is 16.7. The molecule has 1 amide bonds. The number of hydrogen-bond donors (Lipinski definition) is 0. The van der Waals surface area contributed by atoms with E-state index in [1.165, 1.54) is 5.06 Å². The van der Waals surface area contributed by atoms with Gasteiger partial charge in [-0.15, -0.1) is 0 Å². The number of hydrogen-bond acceptors (Lipinski definition) is 2. The molecule has 1 fully saturated rings. The topological polar surface area (TPSA) is 43.6 Å². The summed E-state index contributed by atoms with van der Waals surface area (Å²) >= 11 is 0. The summed E-state index contributed by atoms with van der Waals surface area (Å²) in [5.74, 6) is 0. The van der Waals surface area contributed by atoms with Gasteiger partial charge in [0.25, 0.3) is 0 Å². The van der Waals surface area contributed by atoms with Crippen LogP contribution in [-0.4, -0.2) is 36.2 Å². The van der Waals surface area contributed by atoms with Crippen LogP contribution in [0.15, 0.2) is 0 Å². The van der Waals surface area contributed by atoms with E-state index < -0.39 is 0 Å². The number of carbonyl (C=O) groups excluding carboxylic acids is 1. The van der Waals surface area contributed by atoms with Gasteiger partial charge >= 0.3 is 0 Å². The molecular formula is C8H15N2O2. The maximum Gasteiger partial charge on any atom is 0.233 e. The number of nitrogens with zero attached hydrogens (tertiary/aromatic N) is 2. The van der Waals surface area contributed by atoms with E-state index in [1.807, 2.05) is 20.8 Å². The minimum Gasteiger partial charge on any atom is -0.276 e. The van der Waals surface area contributed by atoms with Crippen molar-refractivity contribution in [2.75, 3.05) is 13.1 Å². The second-order valence-electron chi connectivity index (χ2n) is 3.91. The summed E-state index contributed by atoms with van der Waals surface area (Å²) in [4.78, 5) is 16.0. The SMILES string of the molecule is CC(C)(C)ON(C=O)C1C[N]C1. The first-order chi connectivity index (χ1) is 5.53. The molecule has 0 saturated carbocycles. The Morgan fingerprint density at radius 2 is 2.08 bits per heavy atom. The van der Waals surface area contributed by atoms with Crippen LogP contribution in [0, 0.1) is 0 Å². The van der Waals surface area contributed by atoms with Gasteiger partial charge in [-0.05, 0) is 20.8 Å². The van der Waals surface area contributed by atoms with E-state index in [0.717, 1.165) is 6.41 Å². The van der Waals surface area contributed by atoms with E-state index in [0.29, 0.717) is 13.1 Å². The molecule has 4 heteroatoms. The largest absolute Gasteiger partial charge is 0.276 e. The van der Waals surface area contributed by atoms with Crippen molar-refractivity contribution in [1.82, 2.24) is 10.4 Å². The molecule has 1 aliphatic rings. The molecule has 1 heterocycles. The molecule has 1 rings (SSSR count). The zero-order valence-electron chi connectivity index (χ0n) is 7.78. The number of rotatable bonds is 3. The third-order valence-corrected chi connectivity index (χ3v) is 1.52. The Kier molecular flexibility index (Phi) is 2.69. The Balaban J connectivity index is 2.39. The van der Waals surface area contributed by atoms with E-state index in [4.69, 9.17) is 4.84 Å². The van der Waals surface area contributed by atoms with Crippen LogP contribution in [0.25, 0.3) is 0 Å². The molecular weight excluding hydrogens is 156 g/mol. The summed E-state index contributed by atoms with van der Waals surface area (Å²) in [6, 6.07) is 0.154. The average molecular weight is 171 g/mol. The molecule has 0 aliphatic carbocycles. The summed E-state index contributed by atoms with van der Waals surface area (Å²) in [5, 5.41) is 5.38. The third-order valence-electron chi connectivity index (χ3n) is 1.52. The maximum atomic E-state index is 10.6. The Labute approximate surface area is 72.8 Å². The molecule has 0 atom stereocenters. The molecule has 0 spiro atoms. The minimum atomic E-state index is -0.309. The monoisotopic (exact) mass is 171 g/mol. The molecule has 0 unspecified atom stereocenters. The fourth-order valence-corrected chi connectivity index (χ4v) is 0.904. The van der Waals surface area contributed by atoms with Gasteiger partial charge in [0.05, 0.1) is 11.6 Å². The molecule has 4 nitrogen and oxygen atoms in total. The van der Waals surface area contributed by atoms with Gasteiger partial charge in [-0.3, -0.25) is 9.63 Å². The smallest absolute Gasteiger partial charge is 0.233 e. The lowest BCUT2D eigenvalue weighted by Gasteiger charge is -2.36. The van der Waals surface area contributed by atoms with Crippen molar-refractivity contribution in [1.29, 1.82) is 0 Å². The summed E-state index contributed by atoms with van der Waals surface area (Å²) in [5.41, 5.74) is -0.309. The molecule has 1 radical (unpaired) electrons. The summed E-state index contributed by atoms with van der Waals surface area (Å²) in [6.45, 7) is 7.15. The molecule has 0 aromatic heterocycles. The summed E-state index contributed by atoms with van der Waals surface area (Å²) in [6.07, 6.45) is 0.727. The van der Waals surface area contributed by atoms with Crippen molar-refractivity contribution in [3.8, 4) is 0 Å². The average Bonchev–Trinajstić information content (AvgIpc) is 1.79. The van der Waals surface area contributed by atoms with Crippen molar-refractivity contribution in [3.63, 3.8) is 0 Å². The van der Waals surface area contributed by atoms with E-state index in [1.54, 1.807) is 0 Å². The summed E-state index contributed by atoms with van der Waals surface area (Å²) < 4.78 is 0. The Hall–Kier alpha value is -0.610. The predicted octanol–water partition coefficient (Wildman–Crippen LogP) is 0.161. The van der Waals surface area contributed by atoms with Crippen LogP contribution in [0.4, 0.5) is 0 Å². The van der Waals surface area contributed by atoms with Crippen LogP contribution < -0.4 is 5.32 Å². The van der Waals surface area contributed by atoms with Crippen molar-refractivity contribution in [2.24, 2.45) is 0 Å². The van der Waals surface area contributed by atoms with Crippen LogP contribution in [0.2, 0.25) is 0 Å². The molecule has 12 heavy (non-hydrogen) atoms. The zero-order valence-corrected chi connectivity index (χ0v) is 7.78. The number of hydroxylamine groups is 2. The van der Waals surface area contributed by atoms with Crippen LogP contribution in [0.5, 0.6) is 0 Å². The lowest BCUT2D eigenvalue weighted by atomic mass is 10.2. The molecule has 1 saturated heterocycles. The van der Waals surface area contributed by atoms with Crippen molar-refractivity contribution in [3.05, 3.63) is 0 Å². The van der Waals surface area contributed by atoms with Gasteiger partial charge in [0, 0.05) is 13.1 Å². The van der Waals surface area contributed by atoms with Gasteiger partial charge in [0.15, 0.2) is 0 Å². The Bertz CT molecular complexity index is 161. The predicted molar refractivity (Wildman–Crippen MR) is 44.4 cm³/mol. The number of carbonyl (C=O) groups is 1. The molecule has 0 N–H and O–H groups in total. The number of amides is 1. The lowest BCUT2D eigenvalue weighted by Crippen LogP contribution is -2.54. The van der Waals surface area contributed by atoms with Crippen molar-refractivity contribution in [2.45, 2.75) is 32.4 Å². The van der Waals surface area contributed by atoms with Gasteiger partial charge in [-0.2, -0.15) is 0 Å². The first-order valence-electron chi connectivity index (χ1n) is 4.09. The van der Waals surface area contributed by atoms with Gasteiger partial charge in [0.2, 0.25) is 6.41 Å². The quantitative estimate of drug-likeness (QED) is 0.448. The third kappa shape index (κ3) is 2.46. The van der Waals surface area contributed by atoms with E-state index >= 15 is 0 Å². The molecule has 1 aliphatic heterocycles. The van der Waals surface area contributed by atoms with Gasteiger partial charge in [0.1, 0.15) is 0 Å². The molecule has 69 valence electrons. The highest BCUT2D eigenvalue weighted by Crippen LogP contribution is 2.13. The Morgan fingerprint density at radius 1 is 1.50 bits per heavy atom. The van der Waals surface area contributed by atoms with Crippen LogP contribution >= 0.6 is 0 Å². The highest BCUT2D eigenvalue weighted by Gasteiger charge is 2.28. The highest BCUT2D eigenvalue weighted by molar-refractivity contribution is 5.46. The summed E-state index contributed by atoms with van der Waals surface area (Å²) in [7, 11) is 0. The van der Waals surface area contributed by atoms with Gasteiger partial charge in [-0.25, -0.2) is 10.4 Å². The standard InChI is InChI=1S/C8H15N2O2/c1-8(2,3)12-10(6-11)7-4-9-5-7/h6-7H,4-5H2,1-3H3. The van der Waals surface area contributed by atoms with Gasteiger partial charge in [-0.1, -0.05) is 0 Å². The molecule has 0 aromatic rings. The minimum absolute atomic E-state index is 0.154. The van der Waals surface area contributed by atoms with E-state index in [9.17, 15) is 4.79 Å². The van der Waals surface area contributed by atoms with Crippen molar-refractivity contribution < 1.29 is 9.63 Å². The fourth-order valence-electron chi connectivity index (χ4n) is 0.904. The maximum absolute atomic E-state index is 10.6. The molecule has 0 aromatic carbocycles. The van der Waals surface area contributed by atoms with E-state index in [-0.39, 0.29) is 11.6 Å². The van der Waals surface area contributed by atoms with Crippen LogP contribution in [0.1, 0.15) is 20.8 Å². The van der Waals surface area contributed by atoms with Crippen LogP contribution in [-0.2, 0) is 9.63 Å². The molecule has 0 bridgehead atoms. The fraction of sp³-hybridized carbons (Fsp3) is 0.875. The van der Waals surface area contributed by atoms with E-state index in [2.05, 4.69) is 5.32 Å². The lowest BCUT2D eigenvalue weighted by molar-refractivity contribution is -0.237. The Morgan fingerprint density at radius 3 is 2.33 bits per heavy atom. The van der Waals surface area contributed by atoms with Crippen LogP contribution in [0.3, 0.4) is 0 Å².